The second-order valence-corrected chi connectivity index (χ2v) is 7.36. The third kappa shape index (κ3) is 5.47. The SMILES string of the molecule is O=C(CNC(=O)C1CCCCC1)Nc1cccc(C#Cc2cccs2)c1. The summed E-state index contributed by atoms with van der Waals surface area (Å²) in [4.78, 5) is 25.2. The first-order chi connectivity index (χ1) is 12.7. The number of carbonyl (C=O) groups is 2. The fourth-order valence-electron chi connectivity index (χ4n) is 3.04. The van der Waals surface area contributed by atoms with Gasteiger partial charge in [-0.2, -0.15) is 0 Å². The van der Waals surface area contributed by atoms with Gasteiger partial charge in [0.1, 0.15) is 0 Å². The molecule has 1 aromatic heterocycles. The Hall–Kier alpha value is -2.58. The maximum atomic E-state index is 12.1. The molecule has 0 bridgehead atoms. The van der Waals surface area contributed by atoms with Gasteiger partial charge in [-0.25, -0.2) is 0 Å². The number of thiophene rings is 1. The molecule has 1 aliphatic carbocycles. The van der Waals surface area contributed by atoms with Gasteiger partial charge in [0.15, 0.2) is 0 Å². The zero-order valence-corrected chi connectivity index (χ0v) is 15.4. The van der Waals surface area contributed by atoms with Crippen LogP contribution in [0.1, 0.15) is 42.5 Å². The van der Waals surface area contributed by atoms with Gasteiger partial charge in [-0.1, -0.05) is 43.2 Å². The van der Waals surface area contributed by atoms with Crippen molar-refractivity contribution in [2.45, 2.75) is 32.1 Å². The lowest BCUT2D eigenvalue weighted by molar-refractivity contribution is -0.128. The molecule has 0 saturated heterocycles. The van der Waals surface area contributed by atoms with E-state index < -0.39 is 0 Å². The maximum Gasteiger partial charge on any atom is 0.243 e. The second kappa shape index (κ2) is 9.21. The van der Waals surface area contributed by atoms with Crippen LogP contribution in [0, 0.1) is 17.8 Å². The van der Waals surface area contributed by atoms with Crippen LogP contribution in [0.25, 0.3) is 0 Å². The Balaban J connectivity index is 1.51. The quantitative estimate of drug-likeness (QED) is 0.809. The Labute approximate surface area is 158 Å². The molecule has 1 aliphatic rings. The van der Waals surface area contributed by atoms with Crippen LogP contribution in [0.3, 0.4) is 0 Å². The predicted molar refractivity (Wildman–Crippen MR) is 105 cm³/mol. The van der Waals surface area contributed by atoms with Crippen molar-refractivity contribution < 1.29 is 9.59 Å². The third-order valence-corrected chi connectivity index (χ3v) is 5.18. The molecule has 0 spiro atoms. The largest absolute Gasteiger partial charge is 0.347 e. The highest BCUT2D eigenvalue weighted by Crippen LogP contribution is 2.23. The minimum absolute atomic E-state index is 0.000431. The van der Waals surface area contributed by atoms with E-state index in [0.29, 0.717) is 5.69 Å². The lowest BCUT2D eigenvalue weighted by Gasteiger charge is -2.20. The first kappa shape index (κ1) is 18.2. The van der Waals surface area contributed by atoms with Crippen LogP contribution in [-0.4, -0.2) is 18.4 Å². The molecule has 2 aromatic rings. The van der Waals surface area contributed by atoms with Gasteiger partial charge in [0, 0.05) is 17.2 Å². The van der Waals surface area contributed by atoms with E-state index in [4.69, 9.17) is 0 Å². The van der Waals surface area contributed by atoms with Gasteiger partial charge in [0.2, 0.25) is 11.8 Å². The zero-order chi connectivity index (χ0) is 18.2. The standard InChI is InChI=1S/C21H22N2O2S/c24-20(15-22-21(25)17-7-2-1-3-8-17)23-18-9-4-6-16(14-18)11-12-19-10-5-13-26-19/h4-6,9-10,13-14,17H,1-3,7-8,15H2,(H,22,25)(H,23,24). The number of rotatable bonds is 4. The molecule has 0 aliphatic heterocycles. The Morgan fingerprint density at radius 1 is 1.08 bits per heavy atom. The van der Waals surface area contributed by atoms with Gasteiger partial charge < -0.3 is 10.6 Å². The van der Waals surface area contributed by atoms with E-state index in [9.17, 15) is 9.59 Å². The van der Waals surface area contributed by atoms with E-state index in [1.165, 1.54) is 6.42 Å². The summed E-state index contributed by atoms with van der Waals surface area (Å²) >= 11 is 1.59. The topological polar surface area (TPSA) is 58.2 Å². The summed E-state index contributed by atoms with van der Waals surface area (Å²) in [6.45, 7) is 0.000431. The van der Waals surface area contributed by atoms with Crippen molar-refractivity contribution >= 4 is 28.8 Å². The van der Waals surface area contributed by atoms with Gasteiger partial charge in [0.25, 0.3) is 0 Å². The molecule has 1 aromatic carbocycles. The molecule has 0 radical (unpaired) electrons. The number of carbonyl (C=O) groups excluding carboxylic acids is 2. The molecule has 0 unspecified atom stereocenters. The molecule has 1 saturated carbocycles. The highest BCUT2D eigenvalue weighted by molar-refractivity contribution is 7.10. The minimum Gasteiger partial charge on any atom is -0.347 e. The maximum absolute atomic E-state index is 12.1. The van der Waals surface area contributed by atoms with Crippen molar-refractivity contribution in [2.75, 3.05) is 11.9 Å². The molecule has 3 rings (SSSR count). The van der Waals surface area contributed by atoms with E-state index in [0.717, 1.165) is 36.1 Å². The predicted octanol–water partition coefficient (Wildman–Crippen LogP) is 3.78. The Kier molecular flexibility index (Phi) is 6.45. The van der Waals surface area contributed by atoms with Crippen molar-refractivity contribution in [2.24, 2.45) is 5.92 Å². The second-order valence-electron chi connectivity index (χ2n) is 6.41. The van der Waals surface area contributed by atoms with Gasteiger partial charge in [-0.15, -0.1) is 11.3 Å². The summed E-state index contributed by atoms with van der Waals surface area (Å²) in [6.07, 6.45) is 5.26. The van der Waals surface area contributed by atoms with E-state index in [-0.39, 0.29) is 24.3 Å². The van der Waals surface area contributed by atoms with Crippen molar-refractivity contribution in [3.63, 3.8) is 0 Å². The molecule has 5 heteroatoms. The fourth-order valence-corrected chi connectivity index (χ4v) is 3.61. The number of amides is 2. The highest BCUT2D eigenvalue weighted by Gasteiger charge is 2.21. The Morgan fingerprint density at radius 2 is 1.92 bits per heavy atom. The first-order valence-electron chi connectivity index (χ1n) is 8.94. The van der Waals surface area contributed by atoms with Crippen molar-refractivity contribution in [3.8, 4) is 11.8 Å². The molecule has 4 nitrogen and oxygen atoms in total. The van der Waals surface area contributed by atoms with Gasteiger partial charge in [-0.05, 0) is 42.5 Å². The lowest BCUT2D eigenvalue weighted by atomic mass is 9.89. The smallest absolute Gasteiger partial charge is 0.243 e. The van der Waals surface area contributed by atoms with Gasteiger partial charge in [0.05, 0.1) is 11.4 Å². The fraction of sp³-hybridized carbons (Fsp3) is 0.333. The van der Waals surface area contributed by atoms with Gasteiger partial charge in [-0.3, -0.25) is 9.59 Å². The van der Waals surface area contributed by atoms with Crippen molar-refractivity contribution in [1.29, 1.82) is 0 Å². The average Bonchev–Trinajstić information content (AvgIpc) is 3.19. The summed E-state index contributed by atoms with van der Waals surface area (Å²) in [5, 5.41) is 7.56. The molecule has 134 valence electrons. The number of benzene rings is 1. The number of hydrogen-bond acceptors (Lipinski definition) is 3. The van der Waals surface area contributed by atoms with Crippen molar-refractivity contribution in [1.82, 2.24) is 5.32 Å². The van der Waals surface area contributed by atoms with E-state index in [2.05, 4.69) is 22.5 Å². The molecule has 2 N–H and O–H groups in total. The minimum atomic E-state index is -0.225. The normalized spacial score (nSPS) is 14.2. The van der Waals surface area contributed by atoms with Crippen LogP contribution in [0.15, 0.2) is 41.8 Å². The zero-order valence-electron chi connectivity index (χ0n) is 14.6. The van der Waals surface area contributed by atoms with E-state index >= 15 is 0 Å². The average molecular weight is 366 g/mol. The Bertz CT molecular complexity index is 812. The van der Waals surface area contributed by atoms with Crippen LogP contribution in [-0.2, 0) is 9.59 Å². The highest BCUT2D eigenvalue weighted by atomic mass is 32.1. The number of hydrogen-bond donors (Lipinski definition) is 2. The molecule has 26 heavy (non-hydrogen) atoms. The summed E-state index contributed by atoms with van der Waals surface area (Å²) < 4.78 is 0. The third-order valence-electron chi connectivity index (χ3n) is 4.40. The summed E-state index contributed by atoms with van der Waals surface area (Å²) in [6, 6.07) is 11.3. The lowest BCUT2D eigenvalue weighted by Crippen LogP contribution is -2.37. The summed E-state index contributed by atoms with van der Waals surface area (Å²) in [5.41, 5.74) is 1.52. The summed E-state index contributed by atoms with van der Waals surface area (Å²) in [5.74, 6) is 6.02. The van der Waals surface area contributed by atoms with Crippen LogP contribution in [0.5, 0.6) is 0 Å². The molecule has 1 heterocycles. The monoisotopic (exact) mass is 366 g/mol. The molecule has 0 atom stereocenters. The van der Waals surface area contributed by atoms with Crippen LogP contribution in [0.4, 0.5) is 5.69 Å². The van der Waals surface area contributed by atoms with E-state index in [1.807, 2.05) is 41.8 Å². The molecular formula is C21H22N2O2S. The number of anilines is 1. The van der Waals surface area contributed by atoms with E-state index in [1.54, 1.807) is 11.3 Å². The van der Waals surface area contributed by atoms with Crippen LogP contribution < -0.4 is 10.6 Å². The van der Waals surface area contributed by atoms with Crippen molar-refractivity contribution in [3.05, 3.63) is 52.2 Å². The molecular weight excluding hydrogens is 344 g/mol. The van der Waals surface area contributed by atoms with Crippen LogP contribution >= 0.6 is 11.3 Å². The number of nitrogens with one attached hydrogen (secondary N) is 2. The summed E-state index contributed by atoms with van der Waals surface area (Å²) in [7, 11) is 0. The first-order valence-corrected chi connectivity index (χ1v) is 9.82. The van der Waals surface area contributed by atoms with Crippen LogP contribution in [0.2, 0.25) is 0 Å². The Morgan fingerprint density at radius 3 is 2.69 bits per heavy atom. The van der Waals surface area contributed by atoms with Gasteiger partial charge >= 0.3 is 0 Å². The molecule has 2 amide bonds. The molecule has 1 fully saturated rings.